The smallest absolute Gasteiger partial charge is 0.460 e. The highest BCUT2D eigenvalue weighted by Crippen LogP contribution is 2.60. The maximum Gasteiger partial charge on any atom is 0.460 e. The maximum absolute atomic E-state index is 13.5. The summed E-state index contributed by atoms with van der Waals surface area (Å²) >= 11 is 0. The number of hydrogen-bond acceptors (Lipinski definition) is 3. The number of aromatic hydroxyl groups is 1. The van der Waals surface area contributed by atoms with Crippen molar-refractivity contribution in [2.75, 3.05) is 6.61 Å². The van der Waals surface area contributed by atoms with Gasteiger partial charge in [0.05, 0.1) is 5.56 Å². The highest BCUT2D eigenvalue weighted by Gasteiger charge is 2.90. The standard InChI is InChI=1S/C14H7F13O3/c15-9(16,5-30-7-2-1-6(4-28)8(29)3-7)10(17,18)11(19,20)12(21,22)13(23,24)14(25,26)27/h1-4,29H,5H2. The molecule has 1 aromatic rings. The monoisotopic (exact) mass is 470 g/mol. The minimum atomic E-state index is -7.99. The van der Waals surface area contributed by atoms with Gasteiger partial charge in [0.2, 0.25) is 0 Å². The van der Waals surface area contributed by atoms with Gasteiger partial charge in [-0.2, -0.15) is 57.1 Å². The average molecular weight is 470 g/mol. The number of benzene rings is 1. The number of carbonyl (C=O) groups is 1. The highest BCUT2D eigenvalue weighted by atomic mass is 19.4. The van der Waals surface area contributed by atoms with E-state index in [0.29, 0.717) is 18.2 Å². The third-order valence-electron chi connectivity index (χ3n) is 3.55. The van der Waals surface area contributed by atoms with Gasteiger partial charge in [0.15, 0.2) is 12.9 Å². The molecule has 0 aromatic heterocycles. The van der Waals surface area contributed by atoms with E-state index in [1.807, 2.05) is 0 Å². The summed E-state index contributed by atoms with van der Waals surface area (Å²) in [6.45, 7) is -2.91. The molecule has 0 bridgehead atoms. The Morgan fingerprint density at radius 3 is 1.63 bits per heavy atom. The molecule has 0 amide bonds. The van der Waals surface area contributed by atoms with Crippen LogP contribution in [0.4, 0.5) is 57.1 Å². The van der Waals surface area contributed by atoms with Gasteiger partial charge in [0, 0.05) is 6.07 Å². The molecular formula is C14H7F13O3. The topological polar surface area (TPSA) is 46.5 Å². The largest absolute Gasteiger partial charge is 0.507 e. The summed E-state index contributed by atoms with van der Waals surface area (Å²) < 4.78 is 172. The lowest BCUT2D eigenvalue weighted by Gasteiger charge is -2.39. The van der Waals surface area contributed by atoms with E-state index < -0.39 is 59.5 Å². The van der Waals surface area contributed by atoms with Gasteiger partial charge in [-0.3, -0.25) is 4.79 Å². The van der Waals surface area contributed by atoms with Gasteiger partial charge in [-0.05, 0) is 12.1 Å². The first-order valence-corrected chi connectivity index (χ1v) is 7.04. The molecule has 0 unspecified atom stereocenters. The van der Waals surface area contributed by atoms with E-state index in [2.05, 4.69) is 4.74 Å². The van der Waals surface area contributed by atoms with Gasteiger partial charge < -0.3 is 9.84 Å². The fourth-order valence-corrected chi connectivity index (χ4v) is 1.78. The molecule has 30 heavy (non-hydrogen) atoms. The van der Waals surface area contributed by atoms with E-state index in [9.17, 15) is 67.0 Å². The van der Waals surface area contributed by atoms with E-state index >= 15 is 0 Å². The van der Waals surface area contributed by atoms with Gasteiger partial charge in [-0.1, -0.05) is 0 Å². The maximum atomic E-state index is 13.5. The van der Waals surface area contributed by atoms with Crippen LogP contribution in [0.5, 0.6) is 11.5 Å². The number of alkyl halides is 13. The normalized spacial score (nSPS) is 14.6. The Morgan fingerprint density at radius 2 is 1.23 bits per heavy atom. The molecule has 0 aliphatic carbocycles. The Hall–Kier alpha value is -2.42. The molecule has 172 valence electrons. The van der Waals surface area contributed by atoms with E-state index in [-0.39, 0.29) is 6.29 Å². The third kappa shape index (κ3) is 3.82. The second-order valence-corrected chi connectivity index (χ2v) is 5.63. The Labute approximate surface area is 157 Å². The van der Waals surface area contributed by atoms with Gasteiger partial charge in [-0.25, -0.2) is 0 Å². The summed E-state index contributed by atoms with van der Waals surface area (Å²) in [4.78, 5) is 10.4. The predicted molar refractivity (Wildman–Crippen MR) is 69.8 cm³/mol. The molecule has 3 nitrogen and oxygen atoms in total. The number of phenols is 1. The summed E-state index contributed by atoms with van der Waals surface area (Å²) in [5.41, 5.74) is -0.472. The summed E-state index contributed by atoms with van der Waals surface area (Å²) in [6.07, 6.45) is -7.45. The summed E-state index contributed by atoms with van der Waals surface area (Å²) in [5.74, 6) is -39.6. The van der Waals surface area contributed by atoms with Crippen molar-refractivity contribution < 1.29 is 71.7 Å². The SMILES string of the molecule is O=Cc1ccc(OCC(F)(F)C(F)(F)C(F)(F)C(F)(F)C(F)(F)C(F)(F)F)cc1O. The lowest BCUT2D eigenvalue weighted by Crippen LogP contribution is -2.70. The summed E-state index contributed by atoms with van der Waals surface area (Å²) in [5, 5.41) is 9.23. The molecule has 0 radical (unpaired) electrons. The van der Waals surface area contributed by atoms with Gasteiger partial charge in [-0.15, -0.1) is 0 Å². The van der Waals surface area contributed by atoms with Crippen LogP contribution >= 0.6 is 0 Å². The van der Waals surface area contributed by atoms with Crippen LogP contribution in [0.3, 0.4) is 0 Å². The molecule has 0 saturated carbocycles. The summed E-state index contributed by atoms with van der Waals surface area (Å²) in [6, 6.07) is 1.56. The Balaban J connectivity index is 3.25. The predicted octanol–water partition coefficient (Wildman–Crippen LogP) is 5.32. The second kappa shape index (κ2) is 7.37. The van der Waals surface area contributed by atoms with Crippen molar-refractivity contribution in [2.24, 2.45) is 0 Å². The molecular weight excluding hydrogens is 463 g/mol. The molecule has 16 heteroatoms. The number of carbonyl (C=O) groups excluding carboxylic acids is 1. The quantitative estimate of drug-likeness (QED) is 0.413. The van der Waals surface area contributed by atoms with Crippen LogP contribution in [-0.2, 0) is 0 Å². The van der Waals surface area contributed by atoms with Crippen molar-refractivity contribution >= 4 is 6.29 Å². The minimum absolute atomic E-state index is 0.0331. The number of ether oxygens (including phenoxy) is 1. The van der Waals surface area contributed by atoms with Crippen LogP contribution in [0.2, 0.25) is 0 Å². The van der Waals surface area contributed by atoms with Crippen LogP contribution in [0.1, 0.15) is 10.4 Å². The van der Waals surface area contributed by atoms with E-state index in [1.165, 1.54) is 0 Å². The third-order valence-corrected chi connectivity index (χ3v) is 3.55. The zero-order valence-electron chi connectivity index (χ0n) is 13.7. The van der Waals surface area contributed by atoms with Crippen molar-refractivity contribution in [3.8, 4) is 11.5 Å². The fourth-order valence-electron chi connectivity index (χ4n) is 1.78. The molecule has 0 fully saturated rings. The van der Waals surface area contributed by atoms with E-state index in [4.69, 9.17) is 0 Å². The Kier molecular flexibility index (Phi) is 6.29. The summed E-state index contributed by atoms with van der Waals surface area (Å²) in [7, 11) is 0. The van der Waals surface area contributed by atoms with Crippen molar-refractivity contribution in [1.29, 1.82) is 0 Å². The highest BCUT2D eigenvalue weighted by molar-refractivity contribution is 5.79. The number of hydrogen-bond donors (Lipinski definition) is 1. The lowest BCUT2D eigenvalue weighted by atomic mass is 9.94. The molecule has 0 aliphatic heterocycles. The Bertz CT molecular complexity index is 786. The van der Waals surface area contributed by atoms with E-state index in [1.54, 1.807) is 0 Å². The second-order valence-electron chi connectivity index (χ2n) is 5.63. The number of halogens is 13. The molecule has 1 aromatic carbocycles. The molecule has 1 rings (SSSR count). The Morgan fingerprint density at radius 1 is 0.767 bits per heavy atom. The van der Waals surface area contributed by atoms with Crippen molar-refractivity contribution in [3.05, 3.63) is 23.8 Å². The van der Waals surface area contributed by atoms with Gasteiger partial charge >= 0.3 is 35.8 Å². The molecule has 1 N–H and O–H groups in total. The molecule has 0 saturated heterocycles. The molecule has 0 heterocycles. The molecule has 0 atom stereocenters. The zero-order chi connectivity index (χ0) is 24.0. The molecule has 0 aliphatic rings. The van der Waals surface area contributed by atoms with Crippen LogP contribution in [0.15, 0.2) is 18.2 Å². The number of rotatable bonds is 8. The number of phenolic OH excluding ortho intramolecular Hbond substituents is 1. The van der Waals surface area contributed by atoms with Gasteiger partial charge in [0.25, 0.3) is 0 Å². The van der Waals surface area contributed by atoms with Crippen LogP contribution in [0, 0.1) is 0 Å². The van der Waals surface area contributed by atoms with Crippen molar-refractivity contribution in [1.82, 2.24) is 0 Å². The van der Waals surface area contributed by atoms with Crippen LogP contribution in [-0.4, -0.2) is 53.8 Å². The average Bonchev–Trinajstić information content (AvgIpc) is 2.58. The zero-order valence-corrected chi connectivity index (χ0v) is 13.7. The number of aldehydes is 1. The van der Waals surface area contributed by atoms with Crippen molar-refractivity contribution in [2.45, 2.75) is 35.8 Å². The van der Waals surface area contributed by atoms with Crippen LogP contribution < -0.4 is 4.74 Å². The molecule has 0 spiro atoms. The fraction of sp³-hybridized carbons (Fsp3) is 0.500. The minimum Gasteiger partial charge on any atom is -0.507 e. The lowest BCUT2D eigenvalue weighted by molar-refractivity contribution is -0.440. The van der Waals surface area contributed by atoms with Gasteiger partial charge in [0.1, 0.15) is 11.5 Å². The first-order chi connectivity index (χ1) is 13.2. The first kappa shape index (κ1) is 25.6. The van der Waals surface area contributed by atoms with E-state index in [0.717, 1.165) is 0 Å². The van der Waals surface area contributed by atoms with Crippen molar-refractivity contribution in [3.63, 3.8) is 0 Å². The first-order valence-electron chi connectivity index (χ1n) is 7.04. The van der Waals surface area contributed by atoms with Crippen LogP contribution in [0.25, 0.3) is 0 Å².